The third kappa shape index (κ3) is 9.07. The number of hydrogen-bond acceptors (Lipinski definition) is 0. The molecular formula is BaBrFSr+4. The Kier molecular flexibility index (Phi) is 62.9. The van der Waals surface area contributed by atoms with Gasteiger partial charge in [0.15, 0.2) is 16.4 Å². The van der Waals surface area contributed by atoms with Gasteiger partial charge < -0.3 is 0 Å². The Bertz CT molecular complexity index is 8.00. The predicted octanol–water partition coefficient (Wildman–Crippen LogP) is 0.504. The summed E-state index contributed by atoms with van der Waals surface area (Å²) in [5.41, 5.74) is 0. The second-order valence-electron chi connectivity index (χ2n) is 0. The zero-order valence-electron chi connectivity index (χ0n) is 2.17. The fourth-order valence-electron chi connectivity index (χ4n) is 0. The molecule has 0 N–H and O–H groups in total. The molecule has 0 aromatic heterocycles. The molecule has 0 nitrogen and oxygen atoms in total. The molecule has 0 bridgehead atoms. The molecule has 4 heavy (non-hydrogen) atoms. The van der Waals surface area contributed by atoms with Crippen molar-refractivity contribution in [3.05, 3.63) is 0 Å². The number of rotatable bonds is 0. The van der Waals surface area contributed by atoms with Crippen molar-refractivity contribution in [1.29, 1.82) is 0 Å². The van der Waals surface area contributed by atoms with Gasteiger partial charge in [-0.05, 0) is 0 Å². The molecule has 4 heteroatoms. The van der Waals surface area contributed by atoms with Gasteiger partial charge in [-0.15, -0.1) is 0 Å². The summed E-state index contributed by atoms with van der Waals surface area (Å²) in [6.07, 6.45) is 0. The maximum Gasteiger partial charge on any atom is 2.00 e. The van der Waals surface area contributed by atoms with Gasteiger partial charge in [0.2, 0.25) is 0 Å². The molecule has 0 radical (unpaired) electrons. The minimum Gasteiger partial charge on any atom is -0.158 e. The fraction of sp³-hybridized carbons (Fsp3) is 0. The second kappa shape index (κ2) is 16.1. The van der Waals surface area contributed by atoms with Crippen LogP contribution in [0.2, 0.25) is 0 Å². The first-order valence-electron chi connectivity index (χ1n) is 0.143. The zero-order chi connectivity index (χ0) is 2.00. The van der Waals surface area contributed by atoms with Crippen molar-refractivity contribution in [1.82, 2.24) is 0 Å². The maximum absolute atomic E-state index is 9.31. The Morgan fingerprint density at radius 2 is 1.25 bits per heavy atom. The van der Waals surface area contributed by atoms with E-state index in [1.807, 2.05) is 0 Å². The maximum atomic E-state index is 9.31. The van der Waals surface area contributed by atoms with Gasteiger partial charge in [0.25, 0.3) is 0 Å². The second-order valence-corrected chi connectivity index (χ2v) is 0. The van der Waals surface area contributed by atoms with Crippen molar-refractivity contribution in [2.75, 3.05) is 0 Å². The Balaban J connectivity index is -0.00000000500. The van der Waals surface area contributed by atoms with E-state index in [0.717, 1.165) is 0 Å². The average Bonchev–Trinajstić information content (AvgIpc) is 1.00. The van der Waals surface area contributed by atoms with Gasteiger partial charge >= 0.3 is 94.4 Å². The van der Waals surface area contributed by atoms with Gasteiger partial charge in [-0.25, -0.2) is 0 Å². The van der Waals surface area contributed by atoms with Crippen LogP contribution in [0.3, 0.4) is 0 Å². The fourth-order valence-corrected chi connectivity index (χ4v) is 0. The molecule has 0 aromatic carbocycles. The third-order valence-electron chi connectivity index (χ3n) is 0. The molecule has 0 amide bonds. The van der Waals surface area contributed by atoms with Gasteiger partial charge in [-0.2, -0.15) is 3.56 Å². The van der Waals surface area contributed by atoms with Crippen LogP contribution in [0, 0.1) is 0 Å². The summed E-state index contributed by atoms with van der Waals surface area (Å²) in [4.78, 5) is 0. The van der Waals surface area contributed by atoms with Crippen molar-refractivity contribution >= 4 is 111 Å². The largest absolute Gasteiger partial charge is 2.00 e. The van der Waals surface area contributed by atoms with Crippen LogP contribution in [0.4, 0.5) is 3.56 Å². The molecule has 0 aliphatic heterocycles. The van der Waals surface area contributed by atoms with E-state index < -0.39 is 0 Å². The summed E-state index contributed by atoms with van der Waals surface area (Å²) in [5.74, 6) is 0. The van der Waals surface area contributed by atoms with Crippen molar-refractivity contribution in [2.45, 2.75) is 0 Å². The minimum atomic E-state index is 0. The van der Waals surface area contributed by atoms with Crippen molar-refractivity contribution < 1.29 is 3.56 Å². The Morgan fingerprint density at radius 1 is 1.25 bits per heavy atom. The van der Waals surface area contributed by atoms with Crippen LogP contribution in [0.5, 0.6) is 0 Å². The molecule has 0 spiro atoms. The van der Waals surface area contributed by atoms with Crippen LogP contribution in [0.25, 0.3) is 0 Å². The first-order valence-corrected chi connectivity index (χ1v) is 0.742. The quantitative estimate of drug-likeness (QED) is 0.570. The molecule has 0 fully saturated rings. The SMILES string of the molecule is FBr.[Ba+2].[Sr+2]. The molecule has 0 aliphatic carbocycles. The van der Waals surface area contributed by atoms with Crippen LogP contribution in [0.1, 0.15) is 0 Å². The molecule has 0 aliphatic rings. The molecule has 0 atom stereocenters. The normalized spacial score (nSPS) is 1.50. The van der Waals surface area contributed by atoms with E-state index in [0.29, 0.717) is 0 Å². The minimum absolute atomic E-state index is 0. The summed E-state index contributed by atoms with van der Waals surface area (Å²) in [6.45, 7) is 0. The van der Waals surface area contributed by atoms with Gasteiger partial charge in [0.1, 0.15) is 0 Å². The molecule has 0 heterocycles. The van der Waals surface area contributed by atoms with Gasteiger partial charge in [-0.3, -0.25) is 0 Å². The van der Waals surface area contributed by atoms with Gasteiger partial charge in [-0.1, -0.05) is 0 Å². The Hall–Kier alpha value is 3.46. The first-order chi connectivity index (χ1) is 1.00. The molecule has 0 rings (SSSR count). The van der Waals surface area contributed by atoms with Crippen molar-refractivity contribution in [3.8, 4) is 0 Å². The predicted molar refractivity (Wildman–Crippen MR) is 21.5 cm³/mol. The van der Waals surface area contributed by atoms with Gasteiger partial charge in [0.05, 0.1) is 0 Å². The molecule has 0 unspecified atom stereocenters. The van der Waals surface area contributed by atoms with Crippen LogP contribution >= 0.6 is 16.4 Å². The van der Waals surface area contributed by atoms with E-state index in [1.54, 1.807) is 0 Å². The summed E-state index contributed by atoms with van der Waals surface area (Å²) in [6, 6.07) is 0. The van der Waals surface area contributed by atoms with Gasteiger partial charge in [0, 0.05) is 0 Å². The summed E-state index contributed by atoms with van der Waals surface area (Å²) in [7, 11) is 0. The molecule has 14 valence electrons. The summed E-state index contributed by atoms with van der Waals surface area (Å²) >= 11 is 1.44. The van der Waals surface area contributed by atoms with Crippen LogP contribution in [-0.2, 0) is 0 Å². The molecule has 0 saturated heterocycles. The van der Waals surface area contributed by atoms with E-state index in [9.17, 15) is 3.56 Å². The third-order valence-corrected chi connectivity index (χ3v) is 0. The first kappa shape index (κ1) is 15.7. The topological polar surface area (TPSA) is 0 Å². The zero-order valence-corrected chi connectivity index (χ0v) is 11.7. The van der Waals surface area contributed by atoms with E-state index in [-0.39, 0.29) is 94.4 Å². The molecule has 0 saturated carbocycles. The van der Waals surface area contributed by atoms with E-state index >= 15 is 0 Å². The van der Waals surface area contributed by atoms with E-state index in [1.165, 1.54) is 16.4 Å². The van der Waals surface area contributed by atoms with Crippen molar-refractivity contribution in [2.24, 2.45) is 0 Å². The number of halogens is 2. The average molecular weight is 324 g/mol. The molecular weight excluding hydrogens is 324 g/mol. The standard InChI is InChI=1S/Ba.BrF.Sr/c;1-2;/q+2;;+2. The Labute approximate surface area is 111 Å². The monoisotopic (exact) mass is 324 g/mol. The summed E-state index contributed by atoms with van der Waals surface area (Å²) in [5, 5.41) is 0. The molecule has 0 aromatic rings. The van der Waals surface area contributed by atoms with Crippen LogP contribution < -0.4 is 0 Å². The summed E-state index contributed by atoms with van der Waals surface area (Å²) < 4.78 is 9.31. The van der Waals surface area contributed by atoms with E-state index in [4.69, 9.17) is 0 Å². The Morgan fingerprint density at radius 3 is 1.25 bits per heavy atom. The number of hydrogen-bond donors (Lipinski definition) is 0. The van der Waals surface area contributed by atoms with Crippen molar-refractivity contribution in [3.63, 3.8) is 0 Å². The van der Waals surface area contributed by atoms with E-state index in [2.05, 4.69) is 0 Å². The smallest absolute Gasteiger partial charge is 0.158 e. The van der Waals surface area contributed by atoms with Crippen LogP contribution in [0.15, 0.2) is 0 Å². The van der Waals surface area contributed by atoms with Crippen LogP contribution in [-0.4, -0.2) is 94.4 Å².